The molecule has 0 heterocycles. The lowest BCUT2D eigenvalue weighted by Crippen LogP contribution is -2.14. The molecule has 2 aromatic rings. The van der Waals surface area contributed by atoms with Crippen LogP contribution in [0.15, 0.2) is 48.5 Å². The van der Waals surface area contributed by atoms with Gasteiger partial charge in [0.15, 0.2) is 0 Å². The fourth-order valence-corrected chi connectivity index (χ4v) is 1.94. The maximum Gasteiger partial charge on any atom is 0.309 e. The van der Waals surface area contributed by atoms with Crippen molar-refractivity contribution in [3.63, 3.8) is 0 Å². The Balaban J connectivity index is 1.80. The van der Waals surface area contributed by atoms with Gasteiger partial charge in [-0.05, 0) is 62.4 Å². The van der Waals surface area contributed by atoms with E-state index in [2.05, 4.69) is 0 Å². The van der Waals surface area contributed by atoms with Gasteiger partial charge in [-0.1, -0.05) is 11.6 Å². The number of ether oxygens (including phenoxy) is 3. The highest BCUT2D eigenvalue weighted by molar-refractivity contribution is 6.30. The second-order valence-corrected chi connectivity index (χ2v) is 5.60. The van der Waals surface area contributed by atoms with Gasteiger partial charge in [0.25, 0.3) is 0 Å². The molecule has 0 unspecified atom stereocenters. The molecule has 4 nitrogen and oxygen atoms in total. The van der Waals surface area contributed by atoms with Crippen molar-refractivity contribution in [2.24, 2.45) is 0 Å². The molecule has 0 aliphatic carbocycles. The summed E-state index contributed by atoms with van der Waals surface area (Å²) in [6, 6.07) is 14.3. The minimum absolute atomic E-state index is 0.105. The van der Waals surface area contributed by atoms with Gasteiger partial charge in [0, 0.05) is 5.02 Å². The predicted octanol–water partition coefficient (Wildman–Crippen LogP) is 4.85. The summed E-state index contributed by atoms with van der Waals surface area (Å²) in [6.45, 7) is 3.92. The van der Waals surface area contributed by atoms with Crippen molar-refractivity contribution in [2.45, 2.75) is 26.4 Å². The zero-order valence-corrected chi connectivity index (χ0v) is 13.9. The van der Waals surface area contributed by atoms with E-state index < -0.39 is 0 Å². The second-order valence-electron chi connectivity index (χ2n) is 5.16. The molecule has 0 atom stereocenters. The Kier molecular flexibility index (Phi) is 6.29. The molecule has 0 saturated heterocycles. The Morgan fingerprint density at radius 3 is 2.04 bits per heavy atom. The largest absolute Gasteiger partial charge is 0.493 e. The molecule has 0 bridgehead atoms. The van der Waals surface area contributed by atoms with Crippen molar-refractivity contribution >= 4 is 17.6 Å². The van der Waals surface area contributed by atoms with E-state index in [-0.39, 0.29) is 25.1 Å². The highest BCUT2D eigenvalue weighted by Crippen LogP contribution is 2.25. The molecular formula is C18H19ClO4. The number of carbonyl (C=O) groups excluding carboxylic acids is 1. The maximum absolute atomic E-state index is 11.4. The van der Waals surface area contributed by atoms with Crippen molar-refractivity contribution in [1.82, 2.24) is 0 Å². The molecule has 0 aliphatic rings. The quantitative estimate of drug-likeness (QED) is 0.679. The Labute approximate surface area is 140 Å². The highest BCUT2D eigenvalue weighted by Gasteiger charge is 2.06. The molecular weight excluding hydrogens is 316 g/mol. The predicted molar refractivity (Wildman–Crippen MR) is 89.3 cm³/mol. The van der Waals surface area contributed by atoms with Gasteiger partial charge in [-0.25, -0.2) is 0 Å². The zero-order valence-electron chi connectivity index (χ0n) is 13.1. The highest BCUT2D eigenvalue weighted by atomic mass is 35.5. The number of hydrogen-bond donors (Lipinski definition) is 0. The molecule has 0 spiro atoms. The van der Waals surface area contributed by atoms with Crippen LogP contribution in [0.25, 0.3) is 0 Å². The van der Waals surface area contributed by atoms with Crippen LogP contribution in [0.5, 0.6) is 17.2 Å². The lowest BCUT2D eigenvalue weighted by Gasteiger charge is -2.10. The summed E-state index contributed by atoms with van der Waals surface area (Å²) in [4.78, 5) is 11.4. The van der Waals surface area contributed by atoms with E-state index in [9.17, 15) is 4.79 Å². The molecule has 5 heteroatoms. The van der Waals surface area contributed by atoms with Crippen LogP contribution >= 0.6 is 11.6 Å². The SMILES string of the molecule is CC(C)OC(=O)CCOc1ccc(Oc2ccc(Cl)cc2)cc1. The number of esters is 1. The van der Waals surface area contributed by atoms with Crippen molar-refractivity contribution in [3.8, 4) is 17.2 Å². The summed E-state index contributed by atoms with van der Waals surface area (Å²) < 4.78 is 16.2. The van der Waals surface area contributed by atoms with Gasteiger partial charge in [0.2, 0.25) is 0 Å². The number of carbonyl (C=O) groups is 1. The van der Waals surface area contributed by atoms with Gasteiger partial charge in [0.05, 0.1) is 19.1 Å². The molecule has 23 heavy (non-hydrogen) atoms. The molecule has 0 aliphatic heterocycles. The minimum atomic E-state index is -0.261. The third-order valence-corrected chi connectivity index (χ3v) is 3.07. The smallest absolute Gasteiger partial charge is 0.309 e. The molecule has 0 saturated carbocycles. The van der Waals surface area contributed by atoms with Crippen molar-refractivity contribution in [3.05, 3.63) is 53.6 Å². The third-order valence-electron chi connectivity index (χ3n) is 2.82. The summed E-state index contributed by atoms with van der Waals surface area (Å²) in [5.41, 5.74) is 0. The molecule has 2 aromatic carbocycles. The summed E-state index contributed by atoms with van der Waals surface area (Å²) in [5, 5.41) is 0.664. The van der Waals surface area contributed by atoms with E-state index in [1.165, 1.54) is 0 Å². The molecule has 0 amide bonds. The summed E-state index contributed by atoms with van der Waals surface area (Å²) in [6.07, 6.45) is 0.119. The van der Waals surface area contributed by atoms with Gasteiger partial charge in [-0.15, -0.1) is 0 Å². The average molecular weight is 335 g/mol. The van der Waals surface area contributed by atoms with Crippen LogP contribution < -0.4 is 9.47 Å². The summed E-state index contributed by atoms with van der Waals surface area (Å²) in [7, 11) is 0. The number of halogens is 1. The molecule has 0 fully saturated rings. The number of benzene rings is 2. The zero-order chi connectivity index (χ0) is 16.7. The van der Waals surface area contributed by atoms with Crippen LogP contribution in [0, 0.1) is 0 Å². The molecule has 122 valence electrons. The van der Waals surface area contributed by atoms with Crippen LogP contribution in [-0.2, 0) is 9.53 Å². The van der Waals surface area contributed by atoms with Gasteiger partial charge >= 0.3 is 5.97 Å². The van der Waals surface area contributed by atoms with Crippen molar-refractivity contribution in [1.29, 1.82) is 0 Å². The number of rotatable bonds is 7. The van der Waals surface area contributed by atoms with Crippen LogP contribution in [0.4, 0.5) is 0 Å². The van der Waals surface area contributed by atoms with E-state index >= 15 is 0 Å². The standard InChI is InChI=1S/C18H19ClO4/c1-13(2)22-18(20)11-12-21-15-7-9-17(10-8-15)23-16-5-3-14(19)4-6-16/h3-10,13H,11-12H2,1-2H3. The molecule has 0 radical (unpaired) electrons. The van der Waals surface area contributed by atoms with Gasteiger partial charge in [-0.2, -0.15) is 0 Å². The first-order valence-electron chi connectivity index (χ1n) is 7.38. The van der Waals surface area contributed by atoms with E-state index in [0.717, 1.165) is 0 Å². The van der Waals surface area contributed by atoms with Crippen LogP contribution in [-0.4, -0.2) is 18.7 Å². The van der Waals surface area contributed by atoms with E-state index in [1.54, 1.807) is 48.5 Å². The lowest BCUT2D eigenvalue weighted by atomic mass is 10.3. The van der Waals surface area contributed by atoms with Gasteiger partial charge in [0.1, 0.15) is 17.2 Å². The van der Waals surface area contributed by atoms with Crippen LogP contribution in [0.2, 0.25) is 5.02 Å². The first-order chi connectivity index (χ1) is 11.0. The van der Waals surface area contributed by atoms with Crippen molar-refractivity contribution < 1.29 is 19.0 Å². The van der Waals surface area contributed by atoms with Crippen LogP contribution in [0.3, 0.4) is 0 Å². The molecule has 2 rings (SSSR count). The normalized spacial score (nSPS) is 10.4. The fourth-order valence-electron chi connectivity index (χ4n) is 1.82. The first kappa shape index (κ1) is 17.2. The van der Waals surface area contributed by atoms with Gasteiger partial charge in [-0.3, -0.25) is 4.79 Å². The summed E-state index contributed by atoms with van der Waals surface area (Å²) in [5.74, 6) is 1.81. The second kappa shape index (κ2) is 8.44. The lowest BCUT2D eigenvalue weighted by molar-refractivity contribution is -0.147. The van der Waals surface area contributed by atoms with E-state index in [1.807, 2.05) is 13.8 Å². The summed E-state index contributed by atoms with van der Waals surface area (Å²) >= 11 is 5.83. The Morgan fingerprint density at radius 1 is 0.957 bits per heavy atom. The average Bonchev–Trinajstić information content (AvgIpc) is 2.50. The van der Waals surface area contributed by atoms with E-state index in [0.29, 0.717) is 22.3 Å². The van der Waals surface area contributed by atoms with E-state index in [4.69, 9.17) is 25.8 Å². The van der Waals surface area contributed by atoms with Crippen molar-refractivity contribution in [2.75, 3.05) is 6.61 Å². The monoisotopic (exact) mass is 334 g/mol. The minimum Gasteiger partial charge on any atom is -0.493 e. The Hall–Kier alpha value is -2.20. The fraction of sp³-hybridized carbons (Fsp3) is 0.278. The first-order valence-corrected chi connectivity index (χ1v) is 7.76. The van der Waals surface area contributed by atoms with Crippen LogP contribution in [0.1, 0.15) is 20.3 Å². The van der Waals surface area contributed by atoms with Gasteiger partial charge < -0.3 is 14.2 Å². The Morgan fingerprint density at radius 2 is 1.48 bits per heavy atom. The number of hydrogen-bond acceptors (Lipinski definition) is 4. The molecule has 0 N–H and O–H groups in total. The molecule has 0 aromatic heterocycles. The third kappa shape index (κ3) is 6.20. The topological polar surface area (TPSA) is 44.8 Å². The Bertz CT molecular complexity index is 620. The maximum atomic E-state index is 11.4.